The quantitative estimate of drug-likeness (QED) is 0.822. The monoisotopic (exact) mass is 273 g/mol. The Labute approximate surface area is 117 Å². The molecule has 106 valence electrons. The summed E-state index contributed by atoms with van der Waals surface area (Å²) in [5, 5.41) is 2.76. The van der Waals surface area contributed by atoms with E-state index in [0.29, 0.717) is 11.6 Å². The summed E-state index contributed by atoms with van der Waals surface area (Å²) in [6.07, 6.45) is 3.08. The molecule has 0 bridgehead atoms. The normalized spacial score (nSPS) is 10.6. The summed E-state index contributed by atoms with van der Waals surface area (Å²) < 4.78 is 1.48. The van der Waals surface area contributed by atoms with Gasteiger partial charge in [-0.1, -0.05) is 13.8 Å². The average Bonchev–Trinajstić information content (AvgIpc) is 2.46. The number of aryl methyl sites for hydroxylation is 2. The van der Waals surface area contributed by atoms with Crippen molar-refractivity contribution in [3.8, 4) is 5.69 Å². The Balaban J connectivity index is 2.71. The molecule has 6 heteroatoms. The van der Waals surface area contributed by atoms with Gasteiger partial charge in [-0.25, -0.2) is 9.78 Å². The molecule has 2 aromatic rings. The third-order valence-corrected chi connectivity index (χ3v) is 3.22. The second-order valence-corrected chi connectivity index (χ2v) is 4.48. The first-order valence-electron chi connectivity index (χ1n) is 6.65. The van der Waals surface area contributed by atoms with E-state index in [4.69, 9.17) is 5.73 Å². The smallest absolute Gasteiger partial charge is 0.356 e. The Morgan fingerprint density at radius 1 is 1.25 bits per heavy atom. The lowest BCUT2D eigenvalue weighted by molar-refractivity contribution is 0.837. The molecular weight excluding hydrogens is 254 g/mol. The standard InChI is InChI=1S/C14H19N5O/c1-4-9-6-11(15)7-10(5-2)12(9)19-8-17-13(16-3)18-14(19)20/h6-8H,4-5,15H2,1-3H3,(H,16,18,20). The topological polar surface area (TPSA) is 85.8 Å². The molecule has 0 unspecified atom stereocenters. The molecule has 6 nitrogen and oxygen atoms in total. The zero-order chi connectivity index (χ0) is 14.7. The number of nitrogens with one attached hydrogen (secondary N) is 1. The maximum absolute atomic E-state index is 12.2. The molecule has 0 aliphatic rings. The van der Waals surface area contributed by atoms with Crippen molar-refractivity contribution in [1.29, 1.82) is 0 Å². The fourth-order valence-corrected chi connectivity index (χ4v) is 2.24. The Bertz CT molecular complexity index is 652. The third kappa shape index (κ3) is 2.49. The number of benzene rings is 1. The summed E-state index contributed by atoms with van der Waals surface area (Å²) >= 11 is 0. The van der Waals surface area contributed by atoms with Crippen molar-refractivity contribution in [3.63, 3.8) is 0 Å². The van der Waals surface area contributed by atoms with Crippen molar-refractivity contribution in [2.24, 2.45) is 0 Å². The van der Waals surface area contributed by atoms with Crippen LogP contribution in [0.3, 0.4) is 0 Å². The largest absolute Gasteiger partial charge is 0.399 e. The van der Waals surface area contributed by atoms with Crippen LogP contribution < -0.4 is 16.7 Å². The van der Waals surface area contributed by atoms with Gasteiger partial charge in [-0.15, -0.1) is 0 Å². The van der Waals surface area contributed by atoms with Gasteiger partial charge in [-0.05, 0) is 36.1 Å². The van der Waals surface area contributed by atoms with Crippen LogP contribution in [0.5, 0.6) is 0 Å². The maximum atomic E-state index is 12.2. The molecule has 0 radical (unpaired) electrons. The predicted molar refractivity (Wildman–Crippen MR) is 80.3 cm³/mol. The maximum Gasteiger partial charge on any atom is 0.356 e. The summed E-state index contributed by atoms with van der Waals surface area (Å²) in [6.45, 7) is 4.07. The molecule has 1 aromatic carbocycles. The number of hydrogen-bond donors (Lipinski definition) is 2. The van der Waals surface area contributed by atoms with Gasteiger partial charge in [0.05, 0.1) is 5.69 Å². The number of nitrogens with zero attached hydrogens (tertiary/aromatic N) is 3. The van der Waals surface area contributed by atoms with E-state index < -0.39 is 0 Å². The van der Waals surface area contributed by atoms with E-state index in [1.807, 2.05) is 26.0 Å². The van der Waals surface area contributed by atoms with Gasteiger partial charge in [0.15, 0.2) is 0 Å². The van der Waals surface area contributed by atoms with E-state index in [2.05, 4.69) is 15.3 Å². The third-order valence-electron chi connectivity index (χ3n) is 3.22. The highest BCUT2D eigenvalue weighted by Crippen LogP contribution is 2.23. The molecule has 2 rings (SSSR count). The van der Waals surface area contributed by atoms with E-state index in [1.165, 1.54) is 10.9 Å². The van der Waals surface area contributed by atoms with Crippen LogP contribution in [-0.2, 0) is 12.8 Å². The predicted octanol–water partition coefficient (Wildman–Crippen LogP) is 1.38. The summed E-state index contributed by atoms with van der Waals surface area (Å²) in [5.41, 5.74) is 9.16. The molecule has 1 heterocycles. The van der Waals surface area contributed by atoms with Crippen molar-refractivity contribution in [2.45, 2.75) is 26.7 Å². The molecule has 0 aliphatic carbocycles. The van der Waals surface area contributed by atoms with Crippen molar-refractivity contribution < 1.29 is 0 Å². The minimum atomic E-state index is -0.349. The first-order valence-corrected chi connectivity index (χ1v) is 6.65. The molecule has 0 saturated carbocycles. The Morgan fingerprint density at radius 2 is 1.85 bits per heavy atom. The number of hydrogen-bond acceptors (Lipinski definition) is 5. The van der Waals surface area contributed by atoms with Gasteiger partial charge in [-0.2, -0.15) is 4.98 Å². The van der Waals surface area contributed by atoms with Gasteiger partial charge in [0.25, 0.3) is 0 Å². The van der Waals surface area contributed by atoms with Gasteiger partial charge in [0.1, 0.15) is 6.33 Å². The lowest BCUT2D eigenvalue weighted by Gasteiger charge is -2.15. The molecule has 0 amide bonds. The molecular formula is C14H19N5O. The van der Waals surface area contributed by atoms with Crippen LogP contribution in [0.25, 0.3) is 5.69 Å². The zero-order valence-electron chi connectivity index (χ0n) is 12.0. The van der Waals surface area contributed by atoms with E-state index in [-0.39, 0.29) is 5.69 Å². The van der Waals surface area contributed by atoms with Gasteiger partial charge in [0, 0.05) is 12.7 Å². The first-order chi connectivity index (χ1) is 9.60. The van der Waals surface area contributed by atoms with Gasteiger partial charge in [-0.3, -0.25) is 4.57 Å². The van der Waals surface area contributed by atoms with Crippen molar-refractivity contribution in [2.75, 3.05) is 18.1 Å². The molecule has 0 fully saturated rings. The van der Waals surface area contributed by atoms with Crippen molar-refractivity contribution >= 4 is 11.6 Å². The highest BCUT2D eigenvalue weighted by Gasteiger charge is 2.12. The van der Waals surface area contributed by atoms with Crippen LogP contribution in [0.15, 0.2) is 23.3 Å². The molecule has 3 N–H and O–H groups in total. The molecule has 0 atom stereocenters. The van der Waals surface area contributed by atoms with Crippen molar-refractivity contribution in [1.82, 2.24) is 14.5 Å². The SMILES string of the molecule is CCc1cc(N)cc(CC)c1-n1cnc(NC)nc1=O. The summed E-state index contributed by atoms with van der Waals surface area (Å²) in [4.78, 5) is 20.2. The minimum Gasteiger partial charge on any atom is -0.399 e. The molecule has 0 aliphatic heterocycles. The fourth-order valence-electron chi connectivity index (χ4n) is 2.24. The first kappa shape index (κ1) is 14.0. The number of anilines is 2. The number of nitrogen functional groups attached to an aromatic ring is 1. The Kier molecular flexibility index (Phi) is 4.02. The van der Waals surface area contributed by atoms with E-state index in [9.17, 15) is 4.79 Å². The lowest BCUT2D eigenvalue weighted by atomic mass is 10.0. The number of rotatable bonds is 4. The lowest BCUT2D eigenvalue weighted by Crippen LogP contribution is -2.25. The van der Waals surface area contributed by atoms with E-state index in [1.54, 1.807) is 7.05 Å². The van der Waals surface area contributed by atoms with Gasteiger partial charge < -0.3 is 11.1 Å². The molecule has 1 aromatic heterocycles. The Morgan fingerprint density at radius 3 is 2.30 bits per heavy atom. The summed E-state index contributed by atoms with van der Waals surface area (Å²) in [5.74, 6) is 0.317. The second kappa shape index (κ2) is 5.73. The number of nitrogens with two attached hydrogens (primary N) is 1. The van der Waals surface area contributed by atoms with Crippen LogP contribution in [-0.4, -0.2) is 21.6 Å². The molecule has 20 heavy (non-hydrogen) atoms. The zero-order valence-corrected chi connectivity index (χ0v) is 12.0. The highest BCUT2D eigenvalue weighted by molar-refractivity contribution is 5.57. The van der Waals surface area contributed by atoms with Crippen LogP contribution in [0.4, 0.5) is 11.6 Å². The highest BCUT2D eigenvalue weighted by atomic mass is 16.1. The van der Waals surface area contributed by atoms with Crippen LogP contribution in [0.1, 0.15) is 25.0 Å². The van der Waals surface area contributed by atoms with E-state index >= 15 is 0 Å². The summed E-state index contributed by atoms with van der Waals surface area (Å²) in [6, 6.07) is 3.79. The van der Waals surface area contributed by atoms with Crippen molar-refractivity contribution in [3.05, 3.63) is 40.1 Å². The van der Waals surface area contributed by atoms with E-state index in [0.717, 1.165) is 29.7 Å². The second-order valence-electron chi connectivity index (χ2n) is 4.48. The van der Waals surface area contributed by atoms with Gasteiger partial charge >= 0.3 is 5.69 Å². The van der Waals surface area contributed by atoms with Crippen LogP contribution >= 0.6 is 0 Å². The molecule has 0 spiro atoms. The van der Waals surface area contributed by atoms with Crippen LogP contribution in [0.2, 0.25) is 0 Å². The summed E-state index contributed by atoms with van der Waals surface area (Å²) in [7, 11) is 1.68. The average molecular weight is 273 g/mol. The van der Waals surface area contributed by atoms with Crippen LogP contribution in [0, 0.1) is 0 Å². The molecule has 0 saturated heterocycles. The Hall–Kier alpha value is -2.37. The fraction of sp³-hybridized carbons (Fsp3) is 0.357. The minimum absolute atomic E-state index is 0.317. The number of aromatic nitrogens is 3. The van der Waals surface area contributed by atoms with Gasteiger partial charge in [0.2, 0.25) is 5.95 Å².